The van der Waals surface area contributed by atoms with E-state index in [4.69, 9.17) is 0 Å². The van der Waals surface area contributed by atoms with E-state index >= 15 is 0 Å². The summed E-state index contributed by atoms with van der Waals surface area (Å²) in [4.78, 5) is 17.0. The molecule has 1 heterocycles. The molecule has 0 bridgehead atoms. The first-order valence-corrected chi connectivity index (χ1v) is 7.68. The first-order chi connectivity index (χ1) is 11.6. The molecule has 0 aliphatic rings. The van der Waals surface area contributed by atoms with Gasteiger partial charge in [0.2, 0.25) is 0 Å². The number of rotatable bonds is 4. The monoisotopic (exact) mass is 320 g/mol. The first kappa shape index (κ1) is 15.9. The molecule has 1 amide bonds. The lowest BCUT2D eigenvalue weighted by atomic mass is 10.0. The van der Waals surface area contributed by atoms with Crippen molar-refractivity contribution in [1.82, 2.24) is 10.3 Å². The van der Waals surface area contributed by atoms with Crippen LogP contribution in [0.1, 0.15) is 33.2 Å². The summed E-state index contributed by atoms with van der Waals surface area (Å²) in [6.45, 7) is 1.78. The van der Waals surface area contributed by atoms with Crippen molar-refractivity contribution in [1.29, 1.82) is 0 Å². The normalized spacial score (nSPS) is 11.8. The molecule has 3 nitrogen and oxygen atoms in total. The zero-order valence-electron chi connectivity index (χ0n) is 13.2. The maximum Gasteiger partial charge on any atom is 0.252 e. The number of nitrogens with zero attached hydrogens (tertiary/aromatic N) is 1. The molecular weight excluding hydrogens is 303 g/mol. The first-order valence-electron chi connectivity index (χ1n) is 7.68. The van der Waals surface area contributed by atoms with E-state index in [9.17, 15) is 9.18 Å². The molecule has 0 saturated heterocycles. The standard InChI is InChI=1S/C20H17FN2O/c1-14-10-11-16(21)13-17(14)20(24)23-19(15-7-3-2-4-8-15)18-9-5-6-12-22-18/h2-13,19H,1H3,(H,23,24). The fourth-order valence-electron chi connectivity index (χ4n) is 2.57. The molecule has 1 N–H and O–H groups in total. The molecule has 0 radical (unpaired) electrons. The van der Waals surface area contributed by atoms with Crippen molar-refractivity contribution in [3.8, 4) is 0 Å². The Kier molecular flexibility index (Phi) is 4.66. The molecule has 1 atom stereocenters. The molecule has 1 unspecified atom stereocenters. The second-order valence-electron chi connectivity index (χ2n) is 5.53. The zero-order chi connectivity index (χ0) is 16.9. The van der Waals surface area contributed by atoms with Gasteiger partial charge >= 0.3 is 0 Å². The smallest absolute Gasteiger partial charge is 0.252 e. The van der Waals surface area contributed by atoms with Gasteiger partial charge in [0, 0.05) is 11.8 Å². The highest BCUT2D eigenvalue weighted by Gasteiger charge is 2.20. The number of halogens is 1. The minimum absolute atomic E-state index is 0.326. The molecule has 2 aromatic carbocycles. The highest BCUT2D eigenvalue weighted by atomic mass is 19.1. The van der Waals surface area contributed by atoms with Crippen molar-refractivity contribution in [2.45, 2.75) is 13.0 Å². The zero-order valence-corrected chi connectivity index (χ0v) is 13.2. The number of carbonyl (C=O) groups excluding carboxylic acids is 1. The van der Waals surface area contributed by atoms with E-state index in [2.05, 4.69) is 10.3 Å². The summed E-state index contributed by atoms with van der Waals surface area (Å²) in [5, 5.41) is 2.97. The van der Waals surface area contributed by atoms with Gasteiger partial charge in [-0.15, -0.1) is 0 Å². The van der Waals surface area contributed by atoms with Crippen LogP contribution in [0.3, 0.4) is 0 Å². The van der Waals surface area contributed by atoms with Crippen LogP contribution >= 0.6 is 0 Å². The van der Waals surface area contributed by atoms with Gasteiger partial charge in [-0.3, -0.25) is 9.78 Å². The molecule has 4 heteroatoms. The minimum atomic E-state index is -0.431. The fraction of sp³-hybridized carbons (Fsp3) is 0.100. The Morgan fingerprint density at radius 2 is 1.79 bits per heavy atom. The predicted molar refractivity (Wildman–Crippen MR) is 91.1 cm³/mol. The van der Waals surface area contributed by atoms with Crippen molar-refractivity contribution in [3.63, 3.8) is 0 Å². The van der Waals surface area contributed by atoms with Crippen molar-refractivity contribution in [3.05, 3.63) is 101 Å². The van der Waals surface area contributed by atoms with Crippen molar-refractivity contribution >= 4 is 5.91 Å². The maximum atomic E-state index is 13.5. The van der Waals surface area contributed by atoms with E-state index in [1.165, 1.54) is 12.1 Å². The van der Waals surface area contributed by atoms with Gasteiger partial charge in [0.05, 0.1) is 11.7 Å². The molecule has 0 aliphatic heterocycles. The Morgan fingerprint density at radius 3 is 2.50 bits per heavy atom. The number of aromatic nitrogens is 1. The van der Waals surface area contributed by atoms with Crippen LogP contribution in [0.4, 0.5) is 4.39 Å². The van der Waals surface area contributed by atoms with E-state index in [0.29, 0.717) is 5.56 Å². The van der Waals surface area contributed by atoms with Gasteiger partial charge in [-0.05, 0) is 42.3 Å². The summed E-state index contributed by atoms with van der Waals surface area (Å²) >= 11 is 0. The Hall–Kier alpha value is -3.01. The van der Waals surface area contributed by atoms with Crippen molar-refractivity contribution in [2.75, 3.05) is 0 Å². The summed E-state index contributed by atoms with van der Waals surface area (Å²) in [5.41, 5.74) is 2.69. The topological polar surface area (TPSA) is 42.0 Å². The number of carbonyl (C=O) groups is 1. The van der Waals surface area contributed by atoms with Crippen LogP contribution in [-0.4, -0.2) is 10.9 Å². The number of aryl methyl sites for hydroxylation is 1. The lowest BCUT2D eigenvalue weighted by molar-refractivity contribution is 0.0941. The lowest BCUT2D eigenvalue weighted by Crippen LogP contribution is -2.30. The van der Waals surface area contributed by atoms with Gasteiger partial charge in [-0.1, -0.05) is 42.5 Å². The average Bonchev–Trinajstić information content (AvgIpc) is 2.63. The predicted octanol–water partition coefficient (Wildman–Crippen LogP) is 4.05. The summed E-state index contributed by atoms with van der Waals surface area (Å²) in [5.74, 6) is -0.758. The average molecular weight is 320 g/mol. The number of pyridine rings is 1. The van der Waals surface area contributed by atoms with Crippen LogP contribution in [0, 0.1) is 12.7 Å². The summed E-state index contributed by atoms with van der Waals surface area (Å²) < 4.78 is 13.5. The minimum Gasteiger partial charge on any atom is -0.340 e. The third kappa shape index (κ3) is 3.49. The Bertz CT molecular complexity index is 795. The number of amides is 1. The van der Waals surface area contributed by atoms with Gasteiger partial charge in [-0.2, -0.15) is 0 Å². The molecule has 1 aromatic heterocycles. The van der Waals surface area contributed by atoms with E-state index in [0.717, 1.165) is 16.8 Å². The van der Waals surface area contributed by atoms with Gasteiger partial charge < -0.3 is 5.32 Å². The summed E-state index contributed by atoms with van der Waals surface area (Å²) in [6, 6.07) is 18.9. The van der Waals surface area contributed by atoms with E-state index < -0.39 is 11.9 Å². The highest BCUT2D eigenvalue weighted by Crippen LogP contribution is 2.21. The van der Waals surface area contributed by atoms with Crippen LogP contribution in [-0.2, 0) is 0 Å². The summed E-state index contributed by atoms with van der Waals surface area (Å²) in [6.07, 6.45) is 1.69. The fourth-order valence-corrected chi connectivity index (χ4v) is 2.57. The number of hydrogen-bond acceptors (Lipinski definition) is 2. The van der Waals surface area contributed by atoms with E-state index in [1.807, 2.05) is 48.5 Å². The van der Waals surface area contributed by atoms with Crippen molar-refractivity contribution < 1.29 is 9.18 Å². The molecule has 0 spiro atoms. The molecule has 120 valence electrons. The lowest BCUT2D eigenvalue weighted by Gasteiger charge is -2.19. The molecule has 0 saturated carbocycles. The second kappa shape index (κ2) is 7.04. The Balaban J connectivity index is 1.95. The number of nitrogens with one attached hydrogen (secondary N) is 1. The van der Waals surface area contributed by atoms with Gasteiger partial charge in [0.25, 0.3) is 5.91 Å². The molecule has 0 aliphatic carbocycles. The SMILES string of the molecule is Cc1ccc(F)cc1C(=O)NC(c1ccccc1)c1ccccn1. The molecule has 3 rings (SSSR count). The van der Waals surface area contributed by atoms with E-state index in [1.54, 1.807) is 19.2 Å². The Morgan fingerprint density at radius 1 is 1.04 bits per heavy atom. The number of benzene rings is 2. The van der Waals surface area contributed by atoms with Gasteiger partial charge in [-0.25, -0.2) is 4.39 Å². The third-order valence-corrected chi connectivity index (χ3v) is 3.84. The van der Waals surface area contributed by atoms with Gasteiger partial charge in [0.1, 0.15) is 5.82 Å². The number of hydrogen-bond donors (Lipinski definition) is 1. The van der Waals surface area contributed by atoms with Crippen LogP contribution in [0.5, 0.6) is 0 Å². The van der Waals surface area contributed by atoms with Crippen molar-refractivity contribution in [2.24, 2.45) is 0 Å². The molecule has 24 heavy (non-hydrogen) atoms. The van der Waals surface area contributed by atoms with Gasteiger partial charge in [0.15, 0.2) is 0 Å². The van der Waals surface area contributed by atoms with Crippen LogP contribution < -0.4 is 5.32 Å². The molecular formula is C20H17FN2O. The van der Waals surface area contributed by atoms with Crippen LogP contribution in [0.15, 0.2) is 72.9 Å². The Labute approximate surface area is 140 Å². The summed E-state index contributed by atoms with van der Waals surface area (Å²) in [7, 11) is 0. The maximum absolute atomic E-state index is 13.5. The highest BCUT2D eigenvalue weighted by molar-refractivity contribution is 5.96. The molecule has 0 fully saturated rings. The largest absolute Gasteiger partial charge is 0.340 e. The van der Waals surface area contributed by atoms with E-state index in [-0.39, 0.29) is 5.91 Å². The second-order valence-corrected chi connectivity index (χ2v) is 5.53. The van der Waals surface area contributed by atoms with Crippen LogP contribution in [0.2, 0.25) is 0 Å². The molecule has 3 aromatic rings. The quantitative estimate of drug-likeness (QED) is 0.788. The third-order valence-electron chi connectivity index (χ3n) is 3.84. The van der Waals surface area contributed by atoms with Crippen LogP contribution in [0.25, 0.3) is 0 Å².